The van der Waals surface area contributed by atoms with Crippen LogP contribution in [0.3, 0.4) is 0 Å². The van der Waals surface area contributed by atoms with Gasteiger partial charge in [0.25, 0.3) is 0 Å². The minimum atomic E-state index is -1.79. The van der Waals surface area contributed by atoms with Crippen molar-refractivity contribution in [2.24, 2.45) is 0 Å². The second-order valence-corrected chi connectivity index (χ2v) is 1.52. The zero-order chi connectivity index (χ0) is 5.98. The Balaban J connectivity index is 2.28. The number of rotatable bonds is 0. The smallest absolute Gasteiger partial charge is 0.234 e. The summed E-state index contributed by atoms with van der Waals surface area (Å²) >= 11 is 0. The molecule has 1 aliphatic heterocycles. The van der Waals surface area contributed by atoms with Crippen molar-refractivity contribution in [2.45, 2.75) is 12.5 Å². The Morgan fingerprint density at radius 1 is 1.38 bits per heavy atom. The van der Waals surface area contributed by atoms with E-state index in [9.17, 15) is 8.78 Å². The molecule has 1 rings (SSSR count). The summed E-state index contributed by atoms with van der Waals surface area (Å²) in [6.07, 6.45) is -3.40. The first kappa shape index (κ1) is 5.91. The standard InChI is InChI=1S/C4H6F2O2/c5-3-1-7-2-8-4(3)6/h3-4H,1-2H2. The van der Waals surface area contributed by atoms with Crippen molar-refractivity contribution in [3.8, 4) is 0 Å². The van der Waals surface area contributed by atoms with Gasteiger partial charge in [0, 0.05) is 0 Å². The summed E-state index contributed by atoms with van der Waals surface area (Å²) in [6, 6.07) is 0. The lowest BCUT2D eigenvalue weighted by molar-refractivity contribution is -0.217. The lowest BCUT2D eigenvalue weighted by Crippen LogP contribution is -2.32. The summed E-state index contributed by atoms with van der Waals surface area (Å²) in [5.74, 6) is 0. The van der Waals surface area contributed by atoms with Gasteiger partial charge in [-0.15, -0.1) is 0 Å². The van der Waals surface area contributed by atoms with Gasteiger partial charge in [-0.2, -0.15) is 0 Å². The van der Waals surface area contributed by atoms with Crippen LogP contribution in [0.4, 0.5) is 8.78 Å². The minimum Gasteiger partial charge on any atom is -0.352 e. The van der Waals surface area contributed by atoms with E-state index in [1.807, 2.05) is 0 Å². The Bertz CT molecular complexity index is 68.4. The van der Waals surface area contributed by atoms with Crippen molar-refractivity contribution >= 4 is 0 Å². The fourth-order valence-electron chi connectivity index (χ4n) is 0.454. The molecule has 0 aromatic rings. The molecule has 0 aromatic heterocycles. The molecule has 1 saturated heterocycles. The average molecular weight is 124 g/mol. The highest BCUT2D eigenvalue weighted by molar-refractivity contribution is 4.59. The van der Waals surface area contributed by atoms with Gasteiger partial charge < -0.3 is 9.47 Å². The first-order chi connectivity index (χ1) is 3.80. The number of ether oxygens (including phenoxy) is 2. The van der Waals surface area contributed by atoms with Crippen molar-refractivity contribution in [1.29, 1.82) is 0 Å². The van der Waals surface area contributed by atoms with Crippen LogP contribution in [0.5, 0.6) is 0 Å². The molecule has 1 fully saturated rings. The van der Waals surface area contributed by atoms with Gasteiger partial charge in [-0.25, -0.2) is 8.78 Å². The zero-order valence-electron chi connectivity index (χ0n) is 4.14. The summed E-state index contributed by atoms with van der Waals surface area (Å²) in [5.41, 5.74) is 0. The summed E-state index contributed by atoms with van der Waals surface area (Å²) < 4.78 is 32.4. The van der Waals surface area contributed by atoms with Gasteiger partial charge >= 0.3 is 0 Å². The molecular formula is C4H6F2O2. The second-order valence-electron chi connectivity index (χ2n) is 1.52. The normalized spacial score (nSPS) is 39.8. The Labute approximate surface area is 45.4 Å². The molecule has 2 nitrogen and oxygen atoms in total. The van der Waals surface area contributed by atoms with E-state index >= 15 is 0 Å². The van der Waals surface area contributed by atoms with E-state index in [0.29, 0.717) is 0 Å². The molecular weight excluding hydrogens is 118 g/mol. The first-order valence-corrected chi connectivity index (χ1v) is 2.28. The van der Waals surface area contributed by atoms with Gasteiger partial charge in [0.1, 0.15) is 6.79 Å². The maximum Gasteiger partial charge on any atom is 0.234 e. The van der Waals surface area contributed by atoms with Gasteiger partial charge in [-0.3, -0.25) is 0 Å². The van der Waals surface area contributed by atoms with Crippen molar-refractivity contribution in [3.63, 3.8) is 0 Å². The molecule has 2 atom stereocenters. The molecule has 0 radical (unpaired) electrons. The summed E-state index contributed by atoms with van der Waals surface area (Å²) in [5, 5.41) is 0. The molecule has 2 unspecified atom stereocenters. The predicted molar refractivity (Wildman–Crippen MR) is 21.7 cm³/mol. The minimum absolute atomic E-state index is 0.137. The van der Waals surface area contributed by atoms with E-state index in [2.05, 4.69) is 9.47 Å². The number of hydrogen-bond acceptors (Lipinski definition) is 2. The maximum absolute atomic E-state index is 12.0. The third-order valence-electron chi connectivity index (χ3n) is 0.872. The SMILES string of the molecule is FC1COCOC1F. The first-order valence-electron chi connectivity index (χ1n) is 2.28. The Morgan fingerprint density at radius 2 is 2.12 bits per heavy atom. The van der Waals surface area contributed by atoms with Gasteiger partial charge in [0.2, 0.25) is 6.36 Å². The lowest BCUT2D eigenvalue weighted by atomic mass is 10.4. The van der Waals surface area contributed by atoms with E-state index in [4.69, 9.17) is 0 Å². The van der Waals surface area contributed by atoms with E-state index in [1.54, 1.807) is 0 Å². The largest absolute Gasteiger partial charge is 0.352 e. The molecule has 4 heteroatoms. The highest BCUT2D eigenvalue weighted by Gasteiger charge is 2.24. The van der Waals surface area contributed by atoms with Gasteiger partial charge in [0.05, 0.1) is 6.61 Å². The summed E-state index contributed by atoms with van der Waals surface area (Å²) in [7, 11) is 0. The highest BCUT2D eigenvalue weighted by atomic mass is 19.2. The molecule has 0 N–H and O–H groups in total. The van der Waals surface area contributed by atoms with E-state index in [-0.39, 0.29) is 13.4 Å². The molecule has 0 spiro atoms. The van der Waals surface area contributed by atoms with Crippen LogP contribution >= 0.6 is 0 Å². The van der Waals surface area contributed by atoms with Crippen LogP contribution < -0.4 is 0 Å². The van der Waals surface area contributed by atoms with E-state index in [1.165, 1.54) is 0 Å². The van der Waals surface area contributed by atoms with Crippen LogP contribution in [-0.4, -0.2) is 25.9 Å². The van der Waals surface area contributed by atoms with E-state index < -0.39 is 12.5 Å². The fraction of sp³-hybridized carbons (Fsp3) is 1.00. The van der Waals surface area contributed by atoms with Gasteiger partial charge in [0.15, 0.2) is 6.17 Å². The van der Waals surface area contributed by atoms with Crippen molar-refractivity contribution < 1.29 is 18.3 Å². The number of alkyl halides is 2. The predicted octanol–water partition coefficient (Wildman–Crippen LogP) is 0.624. The van der Waals surface area contributed by atoms with Crippen LogP contribution in [-0.2, 0) is 9.47 Å². The molecule has 1 aliphatic rings. The molecule has 0 aliphatic carbocycles. The summed E-state index contributed by atoms with van der Waals surface area (Å²) in [4.78, 5) is 0. The van der Waals surface area contributed by atoms with Crippen LogP contribution in [0.2, 0.25) is 0 Å². The van der Waals surface area contributed by atoms with Crippen molar-refractivity contribution in [3.05, 3.63) is 0 Å². The maximum atomic E-state index is 12.0. The molecule has 0 saturated carbocycles. The molecule has 48 valence electrons. The number of halogens is 2. The lowest BCUT2D eigenvalue weighted by Gasteiger charge is -2.19. The molecule has 0 bridgehead atoms. The van der Waals surface area contributed by atoms with Crippen LogP contribution in [0.25, 0.3) is 0 Å². The number of hydrogen-bond donors (Lipinski definition) is 0. The quantitative estimate of drug-likeness (QED) is 0.471. The van der Waals surface area contributed by atoms with Crippen LogP contribution in [0.1, 0.15) is 0 Å². The molecule has 1 heterocycles. The third-order valence-corrected chi connectivity index (χ3v) is 0.872. The fourth-order valence-corrected chi connectivity index (χ4v) is 0.454. The molecule has 8 heavy (non-hydrogen) atoms. The molecule has 0 amide bonds. The van der Waals surface area contributed by atoms with Gasteiger partial charge in [-0.05, 0) is 0 Å². The van der Waals surface area contributed by atoms with Gasteiger partial charge in [-0.1, -0.05) is 0 Å². The average Bonchev–Trinajstić information content (AvgIpc) is 1.77. The van der Waals surface area contributed by atoms with Crippen molar-refractivity contribution in [2.75, 3.05) is 13.4 Å². The van der Waals surface area contributed by atoms with Crippen molar-refractivity contribution in [1.82, 2.24) is 0 Å². The van der Waals surface area contributed by atoms with Crippen LogP contribution in [0.15, 0.2) is 0 Å². The Morgan fingerprint density at radius 3 is 2.50 bits per heavy atom. The Hall–Kier alpha value is -0.220. The Kier molecular flexibility index (Phi) is 1.75. The molecule has 0 aromatic carbocycles. The zero-order valence-corrected chi connectivity index (χ0v) is 4.14. The highest BCUT2D eigenvalue weighted by Crippen LogP contribution is 2.10. The second kappa shape index (κ2) is 2.37. The van der Waals surface area contributed by atoms with E-state index in [0.717, 1.165) is 0 Å². The summed E-state index contributed by atoms with van der Waals surface area (Å²) in [6.45, 7) is -0.331. The monoisotopic (exact) mass is 124 g/mol. The third kappa shape index (κ3) is 1.14. The van der Waals surface area contributed by atoms with Crippen LogP contribution in [0, 0.1) is 0 Å². The topological polar surface area (TPSA) is 18.5 Å².